The van der Waals surface area contributed by atoms with Gasteiger partial charge in [-0.1, -0.05) is 17.7 Å². The van der Waals surface area contributed by atoms with Gasteiger partial charge >= 0.3 is 0 Å². The highest BCUT2D eigenvalue weighted by atomic mass is 35.5. The summed E-state index contributed by atoms with van der Waals surface area (Å²) >= 11 is 6.17. The van der Waals surface area contributed by atoms with Crippen LogP contribution in [0.15, 0.2) is 18.2 Å². The molecule has 2 aromatic rings. The van der Waals surface area contributed by atoms with Gasteiger partial charge in [-0.2, -0.15) is 5.10 Å². The van der Waals surface area contributed by atoms with Gasteiger partial charge in [-0.05, 0) is 51.0 Å². The van der Waals surface area contributed by atoms with E-state index in [1.54, 1.807) is 11.6 Å². The number of benzene rings is 1. The molecule has 0 atom stereocenters. The first kappa shape index (κ1) is 14.6. The van der Waals surface area contributed by atoms with Gasteiger partial charge in [-0.15, -0.1) is 0 Å². The molecule has 1 amide bonds. The molecule has 1 heterocycles. The van der Waals surface area contributed by atoms with E-state index < -0.39 is 0 Å². The number of nitrogens with one attached hydrogen (secondary N) is 1. The standard InChI is InChI=1S/C15H18ClN3O/c1-5-19-14(13(16)11(4)18-19)15(20)17-12-7-9(2)6-10(3)8-12/h6-8H,5H2,1-4H3,(H,17,20). The summed E-state index contributed by atoms with van der Waals surface area (Å²) in [6, 6.07) is 5.92. The maximum atomic E-state index is 12.4. The predicted octanol–water partition coefficient (Wildman–Crippen LogP) is 3.73. The molecule has 0 aliphatic heterocycles. The summed E-state index contributed by atoms with van der Waals surface area (Å²) in [5, 5.41) is 7.55. The highest BCUT2D eigenvalue weighted by molar-refractivity contribution is 6.34. The van der Waals surface area contributed by atoms with E-state index in [4.69, 9.17) is 11.6 Å². The molecule has 0 fully saturated rings. The SMILES string of the molecule is CCn1nc(C)c(Cl)c1C(=O)Nc1cc(C)cc(C)c1. The summed E-state index contributed by atoms with van der Waals surface area (Å²) in [5.74, 6) is -0.234. The number of amides is 1. The van der Waals surface area contributed by atoms with Crippen molar-refractivity contribution in [1.29, 1.82) is 0 Å². The maximum Gasteiger partial charge on any atom is 0.275 e. The zero-order valence-electron chi connectivity index (χ0n) is 12.1. The molecule has 4 nitrogen and oxygen atoms in total. The van der Waals surface area contributed by atoms with Crippen LogP contribution in [0, 0.1) is 20.8 Å². The minimum Gasteiger partial charge on any atom is -0.321 e. The van der Waals surface area contributed by atoms with Crippen LogP contribution < -0.4 is 5.32 Å². The van der Waals surface area contributed by atoms with Gasteiger partial charge in [0.15, 0.2) is 0 Å². The van der Waals surface area contributed by atoms with Crippen LogP contribution in [-0.4, -0.2) is 15.7 Å². The van der Waals surface area contributed by atoms with Gasteiger partial charge in [0.25, 0.3) is 5.91 Å². The van der Waals surface area contributed by atoms with Crippen LogP contribution in [0.25, 0.3) is 0 Å². The summed E-state index contributed by atoms with van der Waals surface area (Å²) in [7, 11) is 0. The van der Waals surface area contributed by atoms with Crippen LogP contribution in [0.2, 0.25) is 5.02 Å². The van der Waals surface area contributed by atoms with Gasteiger partial charge < -0.3 is 5.32 Å². The number of hydrogen-bond donors (Lipinski definition) is 1. The summed E-state index contributed by atoms with van der Waals surface area (Å²) < 4.78 is 1.62. The van der Waals surface area contributed by atoms with E-state index >= 15 is 0 Å². The number of aromatic nitrogens is 2. The lowest BCUT2D eigenvalue weighted by Gasteiger charge is -2.09. The van der Waals surface area contributed by atoms with Crippen molar-refractivity contribution in [2.75, 3.05) is 5.32 Å². The Bertz CT molecular complexity index is 641. The molecule has 2 rings (SSSR count). The van der Waals surface area contributed by atoms with Gasteiger partial charge in [0, 0.05) is 12.2 Å². The number of anilines is 1. The Morgan fingerprint density at radius 3 is 2.40 bits per heavy atom. The van der Waals surface area contributed by atoms with Gasteiger partial charge in [-0.25, -0.2) is 0 Å². The largest absolute Gasteiger partial charge is 0.321 e. The Morgan fingerprint density at radius 2 is 1.85 bits per heavy atom. The zero-order chi connectivity index (χ0) is 14.9. The van der Waals surface area contributed by atoms with Crippen molar-refractivity contribution in [3.8, 4) is 0 Å². The van der Waals surface area contributed by atoms with E-state index in [1.807, 2.05) is 32.9 Å². The predicted molar refractivity (Wildman–Crippen MR) is 81.5 cm³/mol. The third kappa shape index (κ3) is 2.85. The van der Waals surface area contributed by atoms with Crippen molar-refractivity contribution >= 4 is 23.2 Å². The molecule has 0 bridgehead atoms. The topological polar surface area (TPSA) is 46.9 Å². The molecule has 0 aliphatic carbocycles. The molecular formula is C15H18ClN3O. The number of carbonyl (C=O) groups is 1. The zero-order valence-corrected chi connectivity index (χ0v) is 12.9. The molecule has 0 saturated carbocycles. The maximum absolute atomic E-state index is 12.4. The Balaban J connectivity index is 2.33. The second kappa shape index (κ2) is 5.67. The average molecular weight is 292 g/mol. The molecule has 0 aliphatic rings. The van der Waals surface area contributed by atoms with Crippen molar-refractivity contribution in [2.45, 2.75) is 34.2 Å². The van der Waals surface area contributed by atoms with Crippen LogP contribution in [0.1, 0.15) is 34.2 Å². The molecule has 0 radical (unpaired) electrons. The molecule has 106 valence electrons. The Hall–Kier alpha value is -1.81. The van der Waals surface area contributed by atoms with Gasteiger partial charge in [0.2, 0.25) is 0 Å². The highest BCUT2D eigenvalue weighted by Crippen LogP contribution is 2.22. The number of rotatable bonds is 3. The van der Waals surface area contributed by atoms with Gasteiger partial charge in [-0.3, -0.25) is 9.48 Å². The van der Waals surface area contributed by atoms with E-state index in [0.717, 1.165) is 16.8 Å². The molecule has 0 saturated heterocycles. The molecule has 1 N–H and O–H groups in total. The number of carbonyl (C=O) groups excluding carboxylic acids is 1. The summed E-state index contributed by atoms with van der Waals surface area (Å²) in [6.45, 7) is 8.31. The van der Waals surface area contributed by atoms with Crippen LogP contribution in [0.3, 0.4) is 0 Å². The highest BCUT2D eigenvalue weighted by Gasteiger charge is 2.19. The lowest BCUT2D eigenvalue weighted by molar-refractivity contribution is 0.101. The Labute approximate surface area is 123 Å². The molecule has 1 aromatic carbocycles. The molecule has 0 spiro atoms. The van der Waals surface area contributed by atoms with Crippen molar-refractivity contribution < 1.29 is 4.79 Å². The Morgan fingerprint density at radius 1 is 1.25 bits per heavy atom. The fourth-order valence-electron chi connectivity index (χ4n) is 2.24. The van der Waals surface area contributed by atoms with Crippen molar-refractivity contribution in [2.24, 2.45) is 0 Å². The second-order valence-electron chi connectivity index (χ2n) is 4.89. The van der Waals surface area contributed by atoms with Crippen molar-refractivity contribution in [1.82, 2.24) is 9.78 Å². The lowest BCUT2D eigenvalue weighted by Crippen LogP contribution is -2.18. The number of aryl methyl sites for hydroxylation is 4. The lowest BCUT2D eigenvalue weighted by atomic mass is 10.1. The van der Waals surface area contributed by atoms with Crippen molar-refractivity contribution in [3.05, 3.63) is 45.7 Å². The minimum absolute atomic E-state index is 0.234. The third-order valence-corrected chi connectivity index (χ3v) is 3.50. The summed E-state index contributed by atoms with van der Waals surface area (Å²) in [5.41, 5.74) is 4.05. The van der Waals surface area contributed by atoms with E-state index in [9.17, 15) is 4.79 Å². The van der Waals surface area contributed by atoms with E-state index in [1.165, 1.54) is 0 Å². The van der Waals surface area contributed by atoms with E-state index in [2.05, 4.69) is 16.5 Å². The smallest absolute Gasteiger partial charge is 0.275 e. The minimum atomic E-state index is -0.234. The van der Waals surface area contributed by atoms with Crippen LogP contribution >= 0.6 is 11.6 Å². The van der Waals surface area contributed by atoms with Crippen LogP contribution in [0.4, 0.5) is 5.69 Å². The average Bonchev–Trinajstić information content (AvgIpc) is 2.63. The first-order valence-corrected chi connectivity index (χ1v) is 6.92. The quantitative estimate of drug-likeness (QED) is 0.936. The second-order valence-corrected chi connectivity index (χ2v) is 5.27. The van der Waals surface area contributed by atoms with E-state index in [-0.39, 0.29) is 5.91 Å². The summed E-state index contributed by atoms with van der Waals surface area (Å²) in [6.07, 6.45) is 0. The van der Waals surface area contributed by atoms with Crippen LogP contribution in [-0.2, 0) is 6.54 Å². The molecule has 0 unspecified atom stereocenters. The van der Waals surface area contributed by atoms with Gasteiger partial charge in [0.05, 0.1) is 10.7 Å². The summed E-state index contributed by atoms with van der Waals surface area (Å²) in [4.78, 5) is 12.4. The van der Waals surface area contributed by atoms with Crippen molar-refractivity contribution in [3.63, 3.8) is 0 Å². The first-order valence-electron chi connectivity index (χ1n) is 6.55. The molecule has 20 heavy (non-hydrogen) atoms. The number of hydrogen-bond acceptors (Lipinski definition) is 2. The molecule has 1 aromatic heterocycles. The fraction of sp³-hybridized carbons (Fsp3) is 0.333. The van der Waals surface area contributed by atoms with Gasteiger partial charge in [0.1, 0.15) is 5.69 Å². The normalized spacial score (nSPS) is 10.7. The molecule has 5 heteroatoms. The monoisotopic (exact) mass is 291 g/mol. The first-order chi connectivity index (χ1) is 9.42. The van der Waals surface area contributed by atoms with E-state index in [0.29, 0.717) is 23.0 Å². The number of nitrogens with zero attached hydrogens (tertiary/aromatic N) is 2. The Kier molecular flexibility index (Phi) is 4.14. The molecular weight excluding hydrogens is 274 g/mol. The van der Waals surface area contributed by atoms with Crippen LogP contribution in [0.5, 0.6) is 0 Å². The third-order valence-electron chi connectivity index (χ3n) is 3.05. The number of halogens is 1. The fourth-order valence-corrected chi connectivity index (χ4v) is 2.46.